The number of fused-ring (bicyclic) bond motifs is 1. The van der Waals surface area contributed by atoms with Gasteiger partial charge >= 0.3 is 0 Å². The van der Waals surface area contributed by atoms with Crippen LogP contribution in [0.25, 0.3) is 0 Å². The van der Waals surface area contributed by atoms with Gasteiger partial charge < -0.3 is 14.5 Å². The van der Waals surface area contributed by atoms with Crippen LogP contribution in [-0.4, -0.2) is 9.97 Å². The molecule has 1 N–H and O–H groups in total. The first-order valence-electron chi connectivity index (χ1n) is 5.63. The van der Waals surface area contributed by atoms with Gasteiger partial charge in [-0.15, -0.1) is 0 Å². The van der Waals surface area contributed by atoms with Crippen LogP contribution in [-0.2, 0) is 6.42 Å². The van der Waals surface area contributed by atoms with E-state index in [0.29, 0.717) is 23.7 Å². The van der Waals surface area contributed by atoms with Crippen molar-refractivity contribution in [2.24, 2.45) is 0 Å². The Morgan fingerprint density at radius 1 is 1.28 bits per heavy atom. The van der Waals surface area contributed by atoms with Crippen molar-refractivity contribution < 1.29 is 9.47 Å². The Kier molecular flexibility index (Phi) is 2.61. The summed E-state index contributed by atoms with van der Waals surface area (Å²) < 4.78 is 11.2. The zero-order valence-electron chi connectivity index (χ0n) is 9.72. The molecule has 0 unspecified atom stereocenters. The molecule has 2 aromatic rings. The van der Waals surface area contributed by atoms with Crippen molar-refractivity contribution in [2.45, 2.75) is 6.42 Å². The molecule has 0 amide bonds. The predicted molar refractivity (Wildman–Crippen MR) is 67.2 cm³/mol. The number of hydrogen-bond acceptors (Lipinski definition) is 3. The van der Waals surface area contributed by atoms with Crippen LogP contribution in [0.4, 0.5) is 0 Å². The Hall–Kier alpha value is -2.49. The maximum Gasteiger partial charge on any atom is 0.170 e. The zero-order valence-corrected chi connectivity index (χ0v) is 9.72. The van der Waals surface area contributed by atoms with Gasteiger partial charge in [-0.05, 0) is 17.7 Å². The molecule has 1 aromatic heterocycles. The quantitative estimate of drug-likeness (QED) is 0.897. The number of allylic oxidation sites excluding steroid dienone is 1. The lowest BCUT2D eigenvalue weighted by molar-refractivity contribution is 0.332. The van der Waals surface area contributed by atoms with Gasteiger partial charge in [0.05, 0.1) is 0 Å². The second-order valence-corrected chi connectivity index (χ2v) is 3.96. The monoisotopic (exact) mass is 240 g/mol. The summed E-state index contributed by atoms with van der Waals surface area (Å²) in [6.07, 6.45) is 5.67. The molecule has 0 radical (unpaired) electrons. The maximum absolute atomic E-state index is 5.74. The summed E-state index contributed by atoms with van der Waals surface area (Å²) in [6, 6.07) is 7.53. The molecule has 0 atom stereocenters. The van der Waals surface area contributed by atoms with Crippen LogP contribution in [0.15, 0.2) is 60.8 Å². The largest absolute Gasteiger partial charge is 0.457 e. The van der Waals surface area contributed by atoms with Gasteiger partial charge in [0, 0.05) is 18.8 Å². The number of H-pyrrole nitrogens is 1. The van der Waals surface area contributed by atoms with Crippen molar-refractivity contribution in [3.05, 3.63) is 66.7 Å². The van der Waals surface area contributed by atoms with Crippen LogP contribution in [0.1, 0.15) is 5.82 Å². The topological polar surface area (TPSA) is 47.1 Å². The summed E-state index contributed by atoms with van der Waals surface area (Å²) in [6.45, 7) is 3.99. The fourth-order valence-electron chi connectivity index (χ4n) is 1.73. The molecular weight excluding hydrogens is 228 g/mol. The molecule has 1 aliphatic rings. The van der Waals surface area contributed by atoms with Crippen LogP contribution >= 0.6 is 0 Å². The predicted octanol–water partition coefficient (Wildman–Crippen LogP) is 2.82. The molecule has 0 saturated carbocycles. The summed E-state index contributed by atoms with van der Waals surface area (Å²) in [5, 5.41) is 0. The fourth-order valence-corrected chi connectivity index (χ4v) is 1.73. The summed E-state index contributed by atoms with van der Waals surface area (Å²) >= 11 is 0. The minimum atomic E-state index is 0.602. The smallest absolute Gasteiger partial charge is 0.170 e. The third-order valence-electron chi connectivity index (χ3n) is 2.65. The van der Waals surface area contributed by atoms with E-state index in [1.54, 1.807) is 18.7 Å². The van der Waals surface area contributed by atoms with Gasteiger partial charge in [0.2, 0.25) is 0 Å². The van der Waals surface area contributed by atoms with Crippen LogP contribution in [0.3, 0.4) is 0 Å². The number of hydrogen-bond donors (Lipinski definition) is 1. The van der Waals surface area contributed by atoms with E-state index >= 15 is 0 Å². The van der Waals surface area contributed by atoms with E-state index in [4.69, 9.17) is 9.47 Å². The van der Waals surface area contributed by atoms with E-state index in [9.17, 15) is 0 Å². The Labute approximate surface area is 105 Å². The average molecular weight is 240 g/mol. The normalized spacial score (nSPS) is 13.0. The number of ether oxygens (including phenoxy) is 2. The maximum atomic E-state index is 5.74. The molecule has 0 bridgehead atoms. The van der Waals surface area contributed by atoms with Gasteiger partial charge in [-0.3, -0.25) is 0 Å². The van der Waals surface area contributed by atoms with Crippen molar-refractivity contribution in [1.82, 2.24) is 9.97 Å². The zero-order chi connectivity index (χ0) is 12.4. The molecule has 90 valence electrons. The standard InChI is InChI=1S/C14H12N2O2/c1-10(8-14-15-6-7-16-14)13-9-17-11-4-2-3-5-12(11)18-13/h2-7,9H,1,8H2,(H,15,16). The molecule has 4 nitrogen and oxygen atoms in total. The summed E-state index contributed by atoms with van der Waals surface area (Å²) in [7, 11) is 0. The van der Waals surface area contributed by atoms with Crippen LogP contribution in [0.2, 0.25) is 0 Å². The molecule has 0 spiro atoms. The first kappa shape index (κ1) is 10.7. The van der Waals surface area contributed by atoms with Crippen molar-refractivity contribution in [1.29, 1.82) is 0 Å². The first-order chi connectivity index (χ1) is 8.83. The van der Waals surface area contributed by atoms with Crippen LogP contribution in [0, 0.1) is 0 Å². The number of nitrogens with one attached hydrogen (secondary N) is 1. The number of para-hydroxylation sites is 2. The molecule has 0 aliphatic carbocycles. The average Bonchev–Trinajstić information content (AvgIpc) is 2.91. The van der Waals surface area contributed by atoms with Gasteiger partial charge in [-0.1, -0.05) is 18.7 Å². The highest BCUT2D eigenvalue weighted by Crippen LogP contribution is 2.33. The lowest BCUT2D eigenvalue weighted by Gasteiger charge is -2.18. The number of rotatable bonds is 3. The third-order valence-corrected chi connectivity index (χ3v) is 2.65. The molecular formula is C14H12N2O2. The number of benzene rings is 1. The minimum absolute atomic E-state index is 0.602. The molecule has 4 heteroatoms. The van der Waals surface area contributed by atoms with E-state index in [-0.39, 0.29) is 0 Å². The summed E-state index contributed by atoms with van der Waals surface area (Å²) in [5.74, 6) is 2.90. The number of imidazole rings is 1. The minimum Gasteiger partial charge on any atom is -0.457 e. The Balaban J connectivity index is 1.75. The number of aromatic amines is 1. The second kappa shape index (κ2) is 4.41. The Morgan fingerprint density at radius 3 is 2.89 bits per heavy atom. The van der Waals surface area contributed by atoms with Gasteiger partial charge in [0.25, 0.3) is 0 Å². The van der Waals surface area contributed by atoms with Crippen LogP contribution in [0.5, 0.6) is 11.5 Å². The molecule has 18 heavy (non-hydrogen) atoms. The van der Waals surface area contributed by atoms with E-state index in [1.165, 1.54) is 0 Å². The molecule has 3 rings (SSSR count). The third kappa shape index (κ3) is 2.00. The van der Waals surface area contributed by atoms with Gasteiger partial charge in [-0.2, -0.15) is 0 Å². The van der Waals surface area contributed by atoms with Gasteiger partial charge in [0.1, 0.15) is 12.1 Å². The number of nitrogens with zero attached hydrogens (tertiary/aromatic N) is 1. The molecule has 1 aliphatic heterocycles. The Morgan fingerprint density at radius 2 is 2.11 bits per heavy atom. The molecule has 2 heterocycles. The van der Waals surface area contributed by atoms with E-state index in [2.05, 4.69) is 16.5 Å². The molecule has 0 fully saturated rings. The highest BCUT2D eigenvalue weighted by molar-refractivity contribution is 5.45. The van der Waals surface area contributed by atoms with Crippen molar-refractivity contribution in [3.8, 4) is 11.5 Å². The van der Waals surface area contributed by atoms with E-state index < -0.39 is 0 Å². The second-order valence-electron chi connectivity index (χ2n) is 3.96. The van der Waals surface area contributed by atoms with Crippen LogP contribution < -0.4 is 9.47 Å². The van der Waals surface area contributed by atoms with Gasteiger partial charge in [0.15, 0.2) is 17.3 Å². The summed E-state index contributed by atoms with van der Waals surface area (Å²) in [4.78, 5) is 7.19. The highest BCUT2D eigenvalue weighted by Gasteiger charge is 2.16. The number of aromatic nitrogens is 2. The van der Waals surface area contributed by atoms with Crippen molar-refractivity contribution >= 4 is 0 Å². The lowest BCUT2D eigenvalue weighted by Crippen LogP contribution is -2.08. The molecule has 0 saturated heterocycles. The first-order valence-corrected chi connectivity index (χ1v) is 5.63. The molecule has 1 aromatic carbocycles. The lowest BCUT2D eigenvalue weighted by atomic mass is 10.1. The SMILES string of the molecule is C=C(Cc1ncc[nH]1)C1=COc2ccccc2O1. The van der Waals surface area contributed by atoms with Gasteiger partial charge in [-0.25, -0.2) is 4.98 Å². The van der Waals surface area contributed by atoms with E-state index in [0.717, 1.165) is 11.4 Å². The van der Waals surface area contributed by atoms with Crippen molar-refractivity contribution in [2.75, 3.05) is 0 Å². The highest BCUT2D eigenvalue weighted by atomic mass is 16.6. The van der Waals surface area contributed by atoms with E-state index in [1.807, 2.05) is 24.3 Å². The fraction of sp³-hybridized carbons (Fsp3) is 0.0714. The summed E-state index contributed by atoms with van der Waals surface area (Å²) in [5.41, 5.74) is 0.819. The Bertz CT molecular complexity index is 600. The van der Waals surface area contributed by atoms with Crippen molar-refractivity contribution in [3.63, 3.8) is 0 Å².